The molecule has 138 valence electrons. The summed E-state index contributed by atoms with van der Waals surface area (Å²) in [5.74, 6) is 1.56. The van der Waals surface area contributed by atoms with Crippen LogP contribution in [0, 0.1) is 0 Å². The number of nitrogens with one attached hydrogen (secondary N) is 2. The van der Waals surface area contributed by atoms with E-state index >= 15 is 0 Å². The lowest BCUT2D eigenvalue weighted by molar-refractivity contribution is -0.129. The van der Waals surface area contributed by atoms with Crippen molar-refractivity contribution in [2.45, 2.75) is 32.7 Å². The molecule has 3 heterocycles. The lowest BCUT2D eigenvalue weighted by Crippen LogP contribution is -2.35. The first-order valence-electron chi connectivity index (χ1n) is 9.14. The number of aromatic nitrogens is 3. The van der Waals surface area contributed by atoms with Crippen LogP contribution in [-0.2, 0) is 17.8 Å². The molecule has 0 saturated heterocycles. The van der Waals surface area contributed by atoms with Gasteiger partial charge in [0.2, 0.25) is 5.91 Å². The van der Waals surface area contributed by atoms with Gasteiger partial charge in [-0.1, -0.05) is 6.07 Å². The second-order valence-electron chi connectivity index (χ2n) is 6.46. The molecule has 0 atom stereocenters. The standard InChI is InChI=1S/C19H26N6O/c1-14(26)25-12-8-15-17(13-25)23-19(16-7-3-4-10-21-16)24-18(15)22-11-6-5-9-20-2/h3-4,7,10,20H,5-6,8-9,11-13H2,1-2H3,(H,22,23,24). The topological polar surface area (TPSA) is 83.0 Å². The molecule has 0 aliphatic carbocycles. The maximum atomic E-state index is 11.8. The van der Waals surface area contributed by atoms with Gasteiger partial charge in [0, 0.05) is 31.8 Å². The molecule has 0 bridgehead atoms. The average Bonchev–Trinajstić information content (AvgIpc) is 2.67. The van der Waals surface area contributed by atoms with Crippen molar-refractivity contribution in [2.75, 3.05) is 32.0 Å². The van der Waals surface area contributed by atoms with Gasteiger partial charge in [-0.15, -0.1) is 0 Å². The first kappa shape index (κ1) is 18.3. The van der Waals surface area contributed by atoms with Gasteiger partial charge in [-0.2, -0.15) is 0 Å². The monoisotopic (exact) mass is 354 g/mol. The van der Waals surface area contributed by atoms with Crippen LogP contribution < -0.4 is 10.6 Å². The molecule has 2 aromatic heterocycles. The van der Waals surface area contributed by atoms with Gasteiger partial charge in [-0.05, 0) is 45.0 Å². The number of nitrogens with zero attached hydrogens (tertiary/aromatic N) is 4. The van der Waals surface area contributed by atoms with Crippen molar-refractivity contribution in [3.8, 4) is 11.5 Å². The van der Waals surface area contributed by atoms with Gasteiger partial charge >= 0.3 is 0 Å². The summed E-state index contributed by atoms with van der Waals surface area (Å²) in [4.78, 5) is 27.4. The summed E-state index contributed by atoms with van der Waals surface area (Å²) in [6.07, 6.45) is 4.70. The van der Waals surface area contributed by atoms with Crippen LogP contribution in [0.25, 0.3) is 11.5 Å². The van der Waals surface area contributed by atoms with Crippen molar-refractivity contribution < 1.29 is 4.79 Å². The predicted octanol–water partition coefficient (Wildman–Crippen LogP) is 1.85. The third-order valence-electron chi connectivity index (χ3n) is 4.55. The third kappa shape index (κ3) is 4.35. The highest BCUT2D eigenvalue weighted by molar-refractivity contribution is 5.74. The van der Waals surface area contributed by atoms with Crippen LogP contribution in [0.5, 0.6) is 0 Å². The van der Waals surface area contributed by atoms with Crippen LogP contribution in [0.1, 0.15) is 31.0 Å². The Labute approximate surface area is 154 Å². The smallest absolute Gasteiger partial charge is 0.219 e. The lowest BCUT2D eigenvalue weighted by Gasteiger charge is -2.28. The quantitative estimate of drug-likeness (QED) is 0.739. The van der Waals surface area contributed by atoms with Gasteiger partial charge in [-0.25, -0.2) is 9.97 Å². The normalized spacial score (nSPS) is 13.4. The van der Waals surface area contributed by atoms with E-state index in [2.05, 4.69) is 15.6 Å². The fourth-order valence-corrected chi connectivity index (χ4v) is 3.09. The molecule has 1 amide bonds. The molecule has 0 radical (unpaired) electrons. The van der Waals surface area contributed by atoms with E-state index < -0.39 is 0 Å². The Morgan fingerprint density at radius 3 is 2.81 bits per heavy atom. The molecule has 3 rings (SSSR count). The minimum atomic E-state index is 0.0789. The highest BCUT2D eigenvalue weighted by Crippen LogP contribution is 2.26. The maximum absolute atomic E-state index is 11.8. The van der Waals surface area contributed by atoms with Gasteiger partial charge in [0.05, 0.1) is 12.2 Å². The van der Waals surface area contributed by atoms with E-state index in [0.717, 1.165) is 55.1 Å². The summed E-state index contributed by atoms with van der Waals surface area (Å²) in [6.45, 7) is 4.72. The fourth-order valence-electron chi connectivity index (χ4n) is 3.09. The largest absolute Gasteiger partial charge is 0.370 e. The molecule has 1 aliphatic rings. The number of rotatable bonds is 7. The second-order valence-corrected chi connectivity index (χ2v) is 6.46. The Morgan fingerprint density at radius 1 is 1.23 bits per heavy atom. The first-order chi connectivity index (χ1) is 12.7. The molecular weight excluding hydrogens is 328 g/mol. The summed E-state index contributed by atoms with van der Waals surface area (Å²) < 4.78 is 0. The molecule has 2 N–H and O–H groups in total. The number of pyridine rings is 1. The van der Waals surface area contributed by atoms with Crippen LogP contribution in [-0.4, -0.2) is 52.4 Å². The van der Waals surface area contributed by atoms with Crippen molar-refractivity contribution in [2.24, 2.45) is 0 Å². The Hall–Kier alpha value is -2.54. The number of carbonyl (C=O) groups is 1. The molecule has 7 heteroatoms. The Balaban J connectivity index is 1.86. The van der Waals surface area contributed by atoms with Crippen LogP contribution >= 0.6 is 0 Å². The number of carbonyl (C=O) groups excluding carboxylic acids is 1. The highest BCUT2D eigenvalue weighted by atomic mass is 16.2. The van der Waals surface area contributed by atoms with E-state index in [1.165, 1.54) is 0 Å². The predicted molar refractivity (Wildman–Crippen MR) is 102 cm³/mol. The molecule has 7 nitrogen and oxygen atoms in total. The van der Waals surface area contributed by atoms with Gasteiger partial charge in [0.1, 0.15) is 11.5 Å². The number of unbranched alkanes of at least 4 members (excludes halogenated alkanes) is 1. The van der Waals surface area contributed by atoms with Crippen LogP contribution in [0.15, 0.2) is 24.4 Å². The molecule has 2 aromatic rings. The minimum Gasteiger partial charge on any atom is -0.370 e. The van der Waals surface area contributed by atoms with Crippen LogP contribution in [0.2, 0.25) is 0 Å². The van der Waals surface area contributed by atoms with Crippen molar-refractivity contribution >= 4 is 11.7 Å². The molecule has 0 aromatic carbocycles. The molecule has 0 spiro atoms. The number of hydrogen-bond acceptors (Lipinski definition) is 6. The fraction of sp³-hybridized carbons (Fsp3) is 0.474. The van der Waals surface area contributed by atoms with Crippen molar-refractivity contribution in [3.05, 3.63) is 35.7 Å². The molecule has 0 fully saturated rings. The molecular formula is C19H26N6O. The maximum Gasteiger partial charge on any atom is 0.219 e. The van der Waals surface area contributed by atoms with E-state index in [-0.39, 0.29) is 5.91 Å². The van der Waals surface area contributed by atoms with Gasteiger partial charge < -0.3 is 15.5 Å². The number of anilines is 1. The first-order valence-corrected chi connectivity index (χ1v) is 9.14. The Kier molecular flexibility index (Phi) is 6.12. The van der Waals surface area contributed by atoms with E-state index in [9.17, 15) is 4.79 Å². The molecule has 1 aliphatic heterocycles. The summed E-state index contributed by atoms with van der Waals surface area (Å²) in [5.41, 5.74) is 2.78. The lowest BCUT2D eigenvalue weighted by atomic mass is 10.0. The van der Waals surface area contributed by atoms with Gasteiger partial charge in [0.15, 0.2) is 5.82 Å². The van der Waals surface area contributed by atoms with E-state index in [1.807, 2.05) is 30.1 Å². The van der Waals surface area contributed by atoms with Gasteiger partial charge in [0.25, 0.3) is 0 Å². The number of hydrogen-bond donors (Lipinski definition) is 2. The zero-order valence-corrected chi connectivity index (χ0v) is 15.5. The molecule has 0 saturated carbocycles. The summed E-state index contributed by atoms with van der Waals surface area (Å²) >= 11 is 0. The zero-order chi connectivity index (χ0) is 18.4. The number of amides is 1. The highest BCUT2D eigenvalue weighted by Gasteiger charge is 2.24. The Morgan fingerprint density at radius 2 is 2.08 bits per heavy atom. The minimum absolute atomic E-state index is 0.0789. The molecule has 26 heavy (non-hydrogen) atoms. The summed E-state index contributed by atoms with van der Waals surface area (Å²) in [5, 5.41) is 6.64. The van der Waals surface area contributed by atoms with Crippen molar-refractivity contribution in [3.63, 3.8) is 0 Å². The SMILES string of the molecule is CNCCCCNc1nc(-c2ccccn2)nc2c1CCN(C(C)=O)C2. The van der Waals surface area contributed by atoms with E-state index in [4.69, 9.17) is 9.97 Å². The number of fused-ring (bicyclic) bond motifs is 1. The van der Waals surface area contributed by atoms with Gasteiger partial charge in [-0.3, -0.25) is 9.78 Å². The summed E-state index contributed by atoms with van der Waals surface area (Å²) in [6, 6.07) is 5.71. The van der Waals surface area contributed by atoms with Crippen molar-refractivity contribution in [1.29, 1.82) is 0 Å². The van der Waals surface area contributed by atoms with Crippen LogP contribution in [0.3, 0.4) is 0 Å². The van der Waals surface area contributed by atoms with E-state index in [1.54, 1.807) is 13.1 Å². The van der Waals surface area contributed by atoms with Crippen molar-refractivity contribution in [1.82, 2.24) is 25.2 Å². The van der Waals surface area contributed by atoms with E-state index in [0.29, 0.717) is 18.9 Å². The van der Waals surface area contributed by atoms with Crippen LogP contribution in [0.4, 0.5) is 5.82 Å². The third-order valence-corrected chi connectivity index (χ3v) is 4.55. The average molecular weight is 354 g/mol. The second kappa shape index (κ2) is 8.71. The summed E-state index contributed by atoms with van der Waals surface area (Å²) in [7, 11) is 1.97. The zero-order valence-electron chi connectivity index (χ0n) is 15.5. The Bertz CT molecular complexity index is 749. The molecule has 0 unspecified atom stereocenters.